The van der Waals surface area contributed by atoms with E-state index >= 15 is 0 Å². The summed E-state index contributed by atoms with van der Waals surface area (Å²) in [5.41, 5.74) is 1.61. The standard InChI is InChI=1S/C13H17NO4S2/c1-9-5-4-6-14(7-9)20(16,17)12-10(2)8-19-11(12)13(15)18-3/h5,8H,4,6-7H2,1-3H3. The Kier molecular flexibility index (Phi) is 4.31. The second-order valence-corrected chi connectivity index (χ2v) is 7.50. The lowest BCUT2D eigenvalue weighted by Gasteiger charge is -2.25. The number of hydrogen-bond acceptors (Lipinski definition) is 5. The van der Waals surface area contributed by atoms with E-state index in [1.807, 2.05) is 13.0 Å². The number of hydrogen-bond donors (Lipinski definition) is 0. The van der Waals surface area contributed by atoms with Crippen molar-refractivity contribution in [3.63, 3.8) is 0 Å². The third-order valence-corrected chi connectivity index (χ3v) is 6.42. The Morgan fingerprint density at radius 1 is 1.40 bits per heavy atom. The zero-order valence-corrected chi connectivity index (χ0v) is 13.3. The molecule has 0 saturated heterocycles. The van der Waals surface area contributed by atoms with Gasteiger partial charge in [-0.15, -0.1) is 11.3 Å². The molecule has 0 bridgehead atoms. The molecule has 0 unspecified atom stereocenters. The smallest absolute Gasteiger partial charge is 0.349 e. The Labute approximate surface area is 122 Å². The third kappa shape index (κ3) is 2.65. The molecule has 1 aliphatic rings. The van der Waals surface area contributed by atoms with Crippen LogP contribution in [0.5, 0.6) is 0 Å². The van der Waals surface area contributed by atoms with Gasteiger partial charge in [-0.2, -0.15) is 4.31 Å². The molecule has 20 heavy (non-hydrogen) atoms. The highest BCUT2D eigenvalue weighted by atomic mass is 32.2. The van der Waals surface area contributed by atoms with E-state index in [0.29, 0.717) is 25.1 Å². The van der Waals surface area contributed by atoms with Crippen LogP contribution >= 0.6 is 11.3 Å². The highest BCUT2D eigenvalue weighted by Gasteiger charge is 2.33. The van der Waals surface area contributed by atoms with Crippen LogP contribution in [0.3, 0.4) is 0 Å². The van der Waals surface area contributed by atoms with E-state index in [0.717, 1.165) is 16.9 Å². The van der Waals surface area contributed by atoms with E-state index in [1.165, 1.54) is 11.4 Å². The number of sulfonamides is 1. The molecule has 1 aliphatic heterocycles. The first-order valence-corrected chi connectivity index (χ1v) is 8.52. The van der Waals surface area contributed by atoms with Crippen molar-refractivity contribution < 1.29 is 17.9 Å². The van der Waals surface area contributed by atoms with Crippen LogP contribution in [0.4, 0.5) is 0 Å². The first kappa shape index (κ1) is 15.2. The summed E-state index contributed by atoms with van der Waals surface area (Å²) in [6, 6.07) is 0. The Balaban J connectivity index is 2.47. The van der Waals surface area contributed by atoms with Crippen LogP contribution in [0.25, 0.3) is 0 Å². The van der Waals surface area contributed by atoms with Crippen molar-refractivity contribution in [2.75, 3.05) is 20.2 Å². The number of carbonyl (C=O) groups excluding carboxylic acids is 1. The Hall–Kier alpha value is -1.18. The van der Waals surface area contributed by atoms with Crippen LogP contribution in [0.1, 0.15) is 28.6 Å². The Morgan fingerprint density at radius 3 is 2.70 bits per heavy atom. The van der Waals surface area contributed by atoms with E-state index in [2.05, 4.69) is 4.74 Å². The fraction of sp³-hybridized carbons (Fsp3) is 0.462. The van der Waals surface area contributed by atoms with Gasteiger partial charge in [-0.25, -0.2) is 13.2 Å². The molecule has 0 aromatic carbocycles. The number of rotatable bonds is 3. The van der Waals surface area contributed by atoms with Crippen LogP contribution in [-0.2, 0) is 14.8 Å². The summed E-state index contributed by atoms with van der Waals surface area (Å²) < 4.78 is 31.6. The molecule has 1 aromatic heterocycles. The number of ether oxygens (including phenoxy) is 1. The van der Waals surface area contributed by atoms with E-state index in [4.69, 9.17) is 0 Å². The monoisotopic (exact) mass is 315 g/mol. The normalized spacial score (nSPS) is 16.9. The van der Waals surface area contributed by atoms with Gasteiger partial charge in [0, 0.05) is 13.1 Å². The molecule has 5 nitrogen and oxygen atoms in total. The summed E-state index contributed by atoms with van der Waals surface area (Å²) in [7, 11) is -2.41. The maximum Gasteiger partial charge on any atom is 0.349 e. The van der Waals surface area contributed by atoms with Crippen molar-refractivity contribution in [3.05, 3.63) is 27.5 Å². The van der Waals surface area contributed by atoms with Gasteiger partial charge in [0.05, 0.1) is 7.11 Å². The SMILES string of the molecule is COC(=O)c1scc(C)c1S(=O)(=O)N1CCC=C(C)C1. The molecule has 110 valence electrons. The molecule has 0 spiro atoms. The topological polar surface area (TPSA) is 63.7 Å². The van der Waals surface area contributed by atoms with E-state index in [-0.39, 0.29) is 9.77 Å². The van der Waals surface area contributed by atoms with Crippen molar-refractivity contribution in [1.29, 1.82) is 0 Å². The molecule has 1 aromatic rings. The molecule has 0 fully saturated rings. The predicted molar refractivity (Wildman–Crippen MR) is 77.5 cm³/mol. The predicted octanol–water partition coefficient (Wildman–Crippen LogP) is 2.18. The van der Waals surface area contributed by atoms with Gasteiger partial charge >= 0.3 is 5.97 Å². The van der Waals surface area contributed by atoms with Gasteiger partial charge in [0.15, 0.2) is 0 Å². The maximum absolute atomic E-state index is 12.8. The second kappa shape index (κ2) is 5.67. The lowest BCUT2D eigenvalue weighted by molar-refractivity contribution is 0.0602. The number of esters is 1. The number of nitrogens with zero attached hydrogens (tertiary/aromatic N) is 1. The highest BCUT2D eigenvalue weighted by molar-refractivity contribution is 7.89. The molecule has 0 atom stereocenters. The van der Waals surface area contributed by atoms with Crippen molar-refractivity contribution >= 4 is 27.3 Å². The second-order valence-electron chi connectivity index (χ2n) is 4.75. The third-order valence-electron chi connectivity index (χ3n) is 3.18. The minimum atomic E-state index is -3.67. The highest BCUT2D eigenvalue weighted by Crippen LogP contribution is 2.31. The molecule has 0 saturated carbocycles. The number of methoxy groups -OCH3 is 1. The summed E-state index contributed by atoms with van der Waals surface area (Å²) in [5, 5.41) is 1.67. The fourth-order valence-corrected chi connectivity index (χ4v) is 5.35. The zero-order chi connectivity index (χ0) is 14.9. The summed E-state index contributed by atoms with van der Waals surface area (Å²) in [4.78, 5) is 12.0. The van der Waals surface area contributed by atoms with Crippen LogP contribution in [-0.4, -0.2) is 38.9 Å². The van der Waals surface area contributed by atoms with Crippen molar-refractivity contribution in [3.8, 4) is 0 Å². The number of thiophene rings is 1. The maximum atomic E-state index is 12.8. The average molecular weight is 315 g/mol. The number of aryl methyl sites for hydroxylation is 1. The average Bonchev–Trinajstić information content (AvgIpc) is 2.80. The molecule has 0 aliphatic carbocycles. The molecular formula is C13H17NO4S2. The lowest BCUT2D eigenvalue weighted by atomic mass is 10.2. The zero-order valence-electron chi connectivity index (χ0n) is 11.7. The Morgan fingerprint density at radius 2 is 2.10 bits per heavy atom. The van der Waals surface area contributed by atoms with E-state index < -0.39 is 16.0 Å². The van der Waals surface area contributed by atoms with Gasteiger partial charge < -0.3 is 4.74 Å². The molecule has 0 amide bonds. The quantitative estimate of drug-likeness (QED) is 0.633. The van der Waals surface area contributed by atoms with Gasteiger partial charge in [-0.05, 0) is 31.2 Å². The fourth-order valence-electron chi connectivity index (χ4n) is 2.20. The van der Waals surface area contributed by atoms with Gasteiger partial charge in [-0.1, -0.05) is 11.6 Å². The number of carbonyl (C=O) groups is 1. The van der Waals surface area contributed by atoms with Crippen molar-refractivity contribution in [2.24, 2.45) is 0 Å². The molecule has 0 N–H and O–H groups in total. The van der Waals surface area contributed by atoms with Crippen LogP contribution in [0.15, 0.2) is 21.9 Å². The molecule has 0 radical (unpaired) electrons. The summed E-state index contributed by atoms with van der Waals surface area (Å²) >= 11 is 1.11. The minimum Gasteiger partial charge on any atom is -0.465 e. The molecular weight excluding hydrogens is 298 g/mol. The first-order chi connectivity index (χ1) is 9.37. The van der Waals surface area contributed by atoms with Crippen LogP contribution in [0.2, 0.25) is 0 Å². The summed E-state index contributed by atoms with van der Waals surface area (Å²) in [6.45, 7) is 4.42. The van der Waals surface area contributed by atoms with Gasteiger partial charge in [0.2, 0.25) is 10.0 Å². The van der Waals surface area contributed by atoms with E-state index in [1.54, 1.807) is 12.3 Å². The van der Waals surface area contributed by atoms with Crippen molar-refractivity contribution in [2.45, 2.75) is 25.2 Å². The first-order valence-electron chi connectivity index (χ1n) is 6.20. The van der Waals surface area contributed by atoms with Gasteiger partial charge in [0.1, 0.15) is 9.77 Å². The Bertz CT molecular complexity index is 658. The largest absolute Gasteiger partial charge is 0.465 e. The lowest BCUT2D eigenvalue weighted by Crippen LogP contribution is -2.36. The minimum absolute atomic E-state index is 0.0871. The molecule has 2 rings (SSSR count). The van der Waals surface area contributed by atoms with Crippen LogP contribution < -0.4 is 0 Å². The van der Waals surface area contributed by atoms with Crippen molar-refractivity contribution in [1.82, 2.24) is 4.31 Å². The molecule has 7 heteroatoms. The van der Waals surface area contributed by atoms with Gasteiger partial charge in [0.25, 0.3) is 0 Å². The van der Waals surface area contributed by atoms with E-state index in [9.17, 15) is 13.2 Å². The summed E-state index contributed by atoms with van der Waals surface area (Å²) in [6.07, 6.45) is 2.73. The van der Waals surface area contributed by atoms with Gasteiger partial charge in [-0.3, -0.25) is 0 Å². The van der Waals surface area contributed by atoms with Crippen LogP contribution in [0, 0.1) is 6.92 Å². The summed E-state index contributed by atoms with van der Waals surface area (Å²) in [5.74, 6) is -0.606. The molecule has 2 heterocycles.